The van der Waals surface area contributed by atoms with E-state index < -0.39 is 17.6 Å². The quantitative estimate of drug-likeness (QED) is 0.151. The van der Waals surface area contributed by atoms with Crippen LogP contribution in [0.1, 0.15) is 36.1 Å². The molecule has 0 radical (unpaired) electrons. The van der Waals surface area contributed by atoms with Gasteiger partial charge in [-0.15, -0.1) is 0 Å². The number of carbonyl (C=O) groups is 2. The first-order valence-corrected chi connectivity index (χ1v) is 15.6. The van der Waals surface area contributed by atoms with Gasteiger partial charge < -0.3 is 24.2 Å². The molecule has 0 saturated carbocycles. The number of benzene rings is 4. The molecule has 0 amide bonds. The Morgan fingerprint density at radius 1 is 0.717 bits per heavy atom. The van der Waals surface area contributed by atoms with Crippen LogP contribution in [-0.2, 0) is 32.2 Å². The lowest BCUT2D eigenvalue weighted by atomic mass is 9.91. The van der Waals surface area contributed by atoms with Crippen LogP contribution >= 0.6 is 0 Å². The monoisotopic (exact) mass is 613 g/mol. The Morgan fingerprint density at radius 3 is 1.70 bits per heavy atom. The Hall–Kier alpha value is -5.30. The summed E-state index contributed by atoms with van der Waals surface area (Å²) in [6.07, 6.45) is 1.84. The van der Waals surface area contributed by atoms with Crippen molar-refractivity contribution >= 4 is 29.0 Å². The zero-order chi connectivity index (χ0) is 32.4. The van der Waals surface area contributed by atoms with E-state index in [1.807, 2.05) is 60.5 Å². The summed E-state index contributed by atoms with van der Waals surface area (Å²) in [6, 6.07) is 34.8. The summed E-state index contributed by atoms with van der Waals surface area (Å²) in [7, 11) is 1.39. The largest absolute Gasteiger partial charge is 0.466 e. The van der Waals surface area contributed by atoms with Crippen molar-refractivity contribution < 1.29 is 19.1 Å². The van der Waals surface area contributed by atoms with E-state index in [0.29, 0.717) is 29.9 Å². The molecule has 0 aromatic heterocycles. The van der Waals surface area contributed by atoms with Crippen LogP contribution in [-0.4, -0.2) is 31.3 Å². The highest BCUT2D eigenvalue weighted by atomic mass is 16.5. The number of aryl methyl sites for hydroxylation is 2. The van der Waals surface area contributed by atoms with Gasteiger partial charge in [0.15, 0.2) is 5.66 Å². The van der Waals surface area contributed by atoms with Gasteiger partial charge in [0, 0.05) is 25.0 Å². The summed E-state index contributed by atoms with van der Waals surface area (Å²) in [5.41, 5.74) is 7.26. The molecule has 0 aliphatic carbocycles. The SMILES string of the molecule is CCOC(=O)C1=CN(c2ccccc2)C(=C(C)C(=O)OC)C12N(Cc1ccc(C)cc1)c1ccccc1N2Cc1ccc(C)cc1. The van der Waals surface area contributed by atoms with Crippen LogP contribution in [0.15, 0.2) is 126 Å². The average Bonchev–Trinajstić information content (AvgIpc) is 3.56. The van der Waals surface area contributed by atoms with Crippen LogP contribution in [0, 0.1) is 13.8 Å². The van der Waals surface area contributed by atoms with E-state index in [9.17, 15) is 9.59 Å². The van der Waals surface area contributed by atoms with Gasteiger partial charge in [0.2, 0.25) is 0 Å². The van der Waals surface area contributed by atoms with Gasteiger partial charge in [-0.2, -0.15) is 0 Å². The average molecular weight is 614 g/mol. The van der Waals surface area contributed by atoms with Crippen LogP contribution in [0.5, 0.6) is 0 Å². The first-order valence-electron chi connectivity index (χ1n) is 15.6. The number of carbonyl (C=O) groups excluding carboxylic acids is 2. The van der Waals surface area contributed by atoms with E-state index >= 15 is 0 Å². The van der Waals surface area contributed by atoms with Gasteiger partial charge >= 0.3 is 11.9 Å². The van der Waals surface area contributed by atoms with E-state index in [4.69, 9.17) is 9.47 Å². The maximum Gasteiger partial charge on any atom is 0.340 e. The fraction of sp³-hybridized carbons (Fsp3) is 0.231. The van der Waals surface area contributed by atoms with Gasteiger partial charge in [0.05, 0.1) is 36.4 Å². The third-order valence-corrected chi connectivity index (χ3v) is 8.75. The Morgan fingerprint density at radius 2 is 1.22 bits per heavy atom. The van der Waals surface area contributed by atoms with Crippen molar-refractivity contribution in [3.8, 4) is 0 Å². The summed E-state index contributed by atoms with van der Waals surface area (Å²) in [5.74, 6) is -0.929. The van der Waals surface area contributed by atoms with E-state index in [1.165, 1.54) is 7.11 Å². The summed E-state index contributed by atoms with van der Waals surface area (Å²) in [4.78, 5) is 34.4. The lowest BCUT2D eigenvalue weighted by Crippen LogP contribution is -2.61. The van der Waals surface area contributed by atoms with Gasteiger partial charge in [0.25, 0.3) is 0 Å². The van der Waals surface area contributed by atoms with Gasteiger partial charge in [-0.05, 0) is 63.1 Å². The molecule has 0 saturated heterocycles. The van der Waals surface area contributed by atoms with E-state index in [0.717, 1.165) is 39.3 Å². The standard InChI is InChI=1S/C39H39N3O4/c1-6-46-38(44)33-26-40(32-12-8-7-9-13-32)36(29(4)37(43)45-5)39(33)41(24-30-20-16-27(2)17-21-30)34-14-10-11-15-35(34)42(39)25-31-22-18-28(3)19-23-31/h7-23,26H,6,24-25H2,1-5H3. The van der Waals surface area contributed by atoms with Crippen LogP contribution in [0.2, 0.25) is 0 Å². The molecule has 7 heteroatoms. The molecule has 7 nitrogen and oxygen atoms in total. The van der Waals surface area contributed by atoms with Gasteiger partial charge in [-0.1, -0.05) is 90.0 Å². The minimum atomic E-state index is -1.28. The Labute approximate surface area is 271 Å². The molecule has 46 heavy (non-hydrogen) atoms. The molecule has 0 bridgehead atoms. The van der Waals surface area contributed by atoms with E-state index in [-0.39, 0.29) is 6.61 Å². The maximum absolute atomic E-state index is 14.3. The molecule has 0 unspecified atom stereocenters. The smallest absolute Gasteiger partial charge is 0.340 e. The first-order chi connectivity index (χ1) is 22.3. The molecule has 234 valence electrons. The zero-order valence-corrected chi connectivity index (χ0v) is 27.0. The second-order valence-corrected chi connectivity index (χ2v) is 11.7. The normalized spacial score (nSPS) is 15.9. The molecule has 4 aromatic carbocycles. The Bertz CT molecular complexity index is 1740. The molecule has 2 heterocycles. The lowest BCUT2D eigenvalue weighted by Gasteiger charge is -2.46. The number of ether oxygens (including phenoxy) is 2. The third kappa shape index (κ3) is 5.21. The van der Waals surface area contributed by atoms with Gasteiger partial charge in [-0.3, -0.25) is 0 Å². The Balaban J connectivity index is 1.70. The molecule has 6 rings (SSSR count). The number of nitrogens with zero attached hydrogens (tertiary/aromatic N) is 3. The molecular weight excluding hydrogens is 574 g/mol. The molecule has 0 N–H and O–H groups in total. The molecule has 1 spiro atoms. The minimum Gasteiger partial charge on any atom is -0.466 e. The molecule has 0 fully saturated rings. The molecule has 2 aliphatic heterocycles. The predicted molar refractivity (Wildman–Crippen MR) is 182 cm³/mol. The highest BCUT2D eigenvalue weighted by molar-refractivity contribution is 6.04. The second kappa shape index (κ2) is 12.6. The number of anilines is 3. The molecule has 2 aliphatic rings. The molecule has 4 aromatic rings. The zero-order valence-electron chi connectivity index (χ0n) is 27.0. The lowest BCUT2D eigenvalue weighted by molar-refractivity contribution is -0.139. The number of para-hydroxylation sites is 3. The van der Waals surface area contributed by atoms with Crippen molar-refractivity contribution in [2.24, 2.45) is 0 Å². The van der Waals surface area contributed by atoms with Gasteiger partial charge in [-0.25, -0.2) is 9.59 Å². The minimum absolute atomic E-state index is 0.204. The summed E-state index contributed by atoms with van der Waals surface area (Å²) >= 11 is 0. The number of methoxy groups -OCH3 is 1. The number of hydrogen-bond acceptors (Lipinski definition) is 7. The number of fused-ring (bicyclic) bond motifs is 1. The third-order valence-electron chi connectivity index (χ3n) is 8.75. The van der Waals surface area contributed by atoms with Crippen molar-refractivity contribution in [2.45, 2.75) is 46.4 Å². The van der Waals surface area contributed by atoms with Gasteiger partial charge in [0.1, 0.15) is 5.57 Å². The van der Waals surface area contributed by atoms with Crippen molar-refractivity contribution in [2.75, 3.05) is 28.4 Å². The van der Waals surface area contributed by atoms with E-state index in [1.54, 1.807) is 6.92 Å². The van der Waals surface area contributed by atoms with Crippen molar-refractivity contribution in [3.63, 3.8) is 0 Å². The first kappa shape index (κ1) is 30.7. The van der Waals surface area contributed by atoms with E-state index in [2.05, 4.69) is 84.3 Å². The van der Waals surface area contributed by atoms with Crippen LogP contribution in [0.25, 0.3) is 0 Å². The number of hydrogen-bond donors (Lipinski definition) is 0. The number of rotatable bonds is 8. The summed E-state index contributed by atoms with van der Waals surface area (Å²) in [5, 5.41) is 0. The fourth-order valence-electron chi connectivity index (χ4n) is 6.58. The van der Waals surface area contributed by atoms with Crippen molar-refractivity contribution in [1.29, 1.82) is 0 Å². The highest BCUT2D eigenvalue weighted by Crippen LogP contribution is 2.57. The summed E-state index contributed by atoms with van der Waals surface area (Å²) < 4.78 is 11.2. The molecule has 0 atom stereocenters. The maximum atomic E-state index is 14.3. The van der Waals surface area contributed by atoms with Crippen molar-refractivity contribution in [3.05, 3.63) is 148 Å². The highest BCUT2D eigenvalue weighted by Gasteiger charge is 2.62. The summed E-state index contributed by atoms with van der Waals surface area (Å²) in [6.45, 7) is 8.83. The fourth-order valence-corrected chi connectivity index (χ4v) is 6.58. The van der Waals surface area contributed by atoms with Crippen LogP contribution in [0.3, 0.4) is 0 Å². The second-order valence-electron chi connectivity index (χ2n) is 11.7. The van der Waals surface area contributed by atoms with Crippen LogP contribution in [0.4, 0.5) is 17.1 Å². The van der Waals surface area contributed by atoms with Crippen LogP contribution < -0.4 is 14.7 Å². The Kier molecular flexibility index (Phi) is 8.41. The van der Waals surface area contributed by atoms with Crippen molar-refractivity contribution in [1.82, 2.24) is 0 Å². The topological polar surface area (TPSA) is 62.3 Å². The predicted octanol–water partition coefficient (Wildman–Crippen LogP) is 7.44. The number of esters is 2. The molecular formula is C39H39N3O4.